The molecule has 0 aliphatic carbocycles. The molecule has 1 aromatic carbocycles. The second-order valence-corrected chi connectivity index (χ2v) is 7.35. The first-order chi connectivity index (χ1) is 13.0. The summed E-state index contributed by atoms with van der Waals surface area (Å²) in [5.74, 6) is -0.627. The Hall–Kier alpha value is -2.15. The molecule has 1 amide bonds. The third kappa shape index (κ3) is 3.93. The molecule has 0 unspecified atom stereocenters. The van der Waals surface area contributed by atoms with E-state index in [-0.39, 0.29) is 11.7 Å². The van der Waals surface area contributed by atoms with Crippen LogP contribution >= 0.6 is 11.6 Å². The number of carbonyl (C=O) groups excluding carboxylic acids is 1. The van der Waals surface area contributed by atoms with E-state index in [2.05, 4.69) is 15.2 Å². The summed E-state index contributed by atoms with van der Waals surface area (Å²) in [5.41, 5.74) is 3.02. The van der Waals surface area contributed by atoms with E-state index < -0.39 is 0 Å². The monoisotopic (exact) mass is 387 g/mol. The highest BCUT2D eigenvalue weighted by molar-refractivity contribution is 6.30. The first-order valence-corrected chi connectivity index (χ1v) is 9.49. The minimum Gasteiger partial charge on any atom is -0.370 e. The fraction of sp³-hybridized carbons (Fsp3) is 0.400. The minimum atomic E-state index is -0.389. The average Bonchev–Trinajstić information content (AvgIpc) is 3.13. The van der Waals surface area contributed by atoms with Crippen molar-refractivity contribution in [2.45, 2.75) is 25.6 Å². The number of nitrogens with one attached hydrogen (secondary N) is 1. The van der Waals surface area contributed by atoms with Crippen LogP contribution in [0.15, 0.2) is 36.5 Å². The van der Waals surface area contributed by atoms with E-state index in [0.717, 1.165) is 42.9 Å². The highest BCUT2D eigenvalue weighted by Gasteiger charge is 2.39. The van der Waals surface area contributed by atoms with E-state index in [4.69, 9.17) is 21.1 Å². The Balaban J connectivity index is 1.39. The van der Waals surface area contributed by atoms with Crippen LogP contribution in [0.4, 0.5) is 11.4 Å². The smallest absolute Gasteiger partial charge is 0.274 e. The van der Waals surface area contributed by atoms with E-state index in [1.54, 1.807) is 24.4 Å². The zero-order valence-electron chi connectivity index (χ0n) is 15.2. The topological polar surface area (TPSA) is 63.7 Å². The molecule has 1 N–H and O–H groups in total. The molecular formula is C20H22ClN3O3. The van der Waals surface area contributed by atoms with Gasteiger partial charge in [0.1, 0.15) is 5.69 Å². The first kappa shape index (κ1) is 18.2. The molecule has 2 aliphatic heterocycles. The summed E-state index contributed by atoms with van der Waals surface area (Å²) >= 11 is 5.96. The number of rotatable bonds is 3. The molecule has 142 valence electrons. The standard InChI is InChI=1S/C20H22ClN3O3/c1-14-12-15(21)2-4-17(14)23-19(25)18-5-3-16(13-22-18)24-8-6-20(7-9-24)26-10-11-27-20/h2-5,12-13H,6-11H2,1H3,(H,23,25). The third-order valence-electron chi connectivity index (χ3n) is 5.12. The highest BCUT2D eigenvalue weighted by atomic mass is 35.5. The summed E-state index contributed by atoms with van der Waals surface area (Å²) in [6.07, 6.45) is 3.42. The lowest BCUT2D eigenvalue weighted by Crippen LogP contribution is -2.45. The fourth-order valence-electron chi connectivity index (χ4n) is 3.55. The lowest BCUT2D eigenvalue weighted by atomic mass is 10.0. The number of pyridine rings is 1. The van der Waals surface area contributed by atoms with Crippen LogP contribution < -0.4 is 10.2 Å². The number of halogens is 1. The van der Waals surface area contributed by atoms with Crippen LogP contribution in [0.2, 0.25) is 5.02 Å². The molecule has 2 fully saturated rings. The molecule has 0 radical (unpaired) electrons. The van der Waals surface area contributed by atoms with Gasteiger partial charge in [0, 0.05) is 36.6 Å². The summed E-state index contributed by atoms with van der Waals surface area (Å²) < 4.78 is 11.5. The van der Waals surface area contributed by atoms with Crippen molar-refractivity contribution in [2.24, 2.45) is 0 Å². The number of aryl methyl sites for hydroxylation is 1. The lowest BCUT2D eigenvalue weighted by Gasteiger charge is -2.38. The predicted octanol–water partition coefficient (Wildman–Crippen LogP) is 3.64. The highest BCUT2D eigenvalue weighted by Crippen LogP contribution is 2.33. The number of aromatic nitrogens is 1. The number of amides is 1. The third-order valence-corrected chi connectivity index (χ3v) is 5.36. The molecule has 27 heavy (non-hydrogen) atoms. The number of nitrogens with zero attached hydrogens (tertiary/aromatic N) is 2. The largest absolute Gasteiger partial charge is 0.370 e. The van der Waals surface area contributed by atoms with Gasteiger partial charge in [0.2, 0.25) is 0 Å². The fourth-order valence-corrected chi connectivity index (χ4v) is 3.78. The summed E-state index contributed by atoms with van der Waals surface area (Å²) in [7, 11) is 0. The molecule has 2 aliphatic rings. The van der Waals surface area contributed by atoms with Gasteiger partial charge in [0.05, 0.1) is 25.1 Å². The van der Waals surface area contributed by atoms with Gasteiger partial charge in [-0.1, -0.05) is 11.6 Å². The maximum atomic E-state index is 12.5. The van der Waals surface area contributed by atoms with Gasteiger partial charge in [0.15, 0.2) is 5.79 Å². The lowest BCUT2D eigenvalue weighted by molar-refractivity contribution is -0.169. The molecule has 4 rings (SSSR count). The second kappa shape index (κ2) is 7.46. The van der Waals surface area contributed by atoms with Gasteiger partial charge in [0.25, 0.3) is 5.91 Å². The van der Waals surface area contributed by atoms with Gasteiger partial charge >= 0.3 is 0 Å². The maximum Gasteiger partial charge on any atom is 0.274 e. The molecule has 2 aromatic rings. The van der Waals surface area contributed by atoms with Crippen molar-refractivity contribution >= 4 is 28.9 Å². The summed E-state index contributed by atoms with van der Waals surface area (Å²) in [6, 6.07) is 9.05. The van der Waals surface area contributed by atoms with Crippen molar-refractivity contribution < 1.29 is 14.3 Å². The van der Waals surface area contributed by atoms with Crippen LogP contribution in [-0.2, 0) is 9.47 Å². The normalized spacial score (nSPS) is 18.7. The number of ether oxygens (including phenoxy) is 2. The van der Waals surface area contributed by atoms with Gasteiger partial charge in [-0.25, -0.2) is 4.98 Å². The van der Waals surface area contributed by atoms with Crippen LogP contribution in [0.1, 0.15) is 28.9 Å². The number of anilines is 2. The number of benzene rings is 1. The van der Waals surface area contributed by atoms with Crippen molar-refractivity contribution in [2.75, 3.05) is 36.5 Å². The Kier molecular flexibility index (Phi) is 5.04. The van der Waals surface area contributed by atoms with E-state index in [9.17, 15) is 4.79 Å². The molecule has 0 atom stereocenters. The van der Waals surface area contributed by atoms with E-state index in [1.165, 1.54) is 0 Å². The van der Waals surface area contributed by atoms with Crippen LogP contribution in [-0.4, -0.2) is 43.0 Å². The predicted molar refractivity (Wildman–Crippen MR) is 104 cm³/mol. The Morgan fingerprint density at radius 2 is 1.93 bits per heavy atom. The van der Waals surface area contributed by atoms with Gasteiger partial charge < -0.3 is 19.7 Å². The Labute approximate surface area is 163 Å². The summed E-state index contributed by atoms with van der Waals surface area (Å²) in [6.45, 7) is 4.95. The van der Waals surface area contributed by atoms with Crippen LogP contribution in [0.25, 0.3) is 0 Å². The quantitative estimate of drug-likeness (QED) is 0.871. The average molecular weight is 388 g/mol. The Bertz CT molecular complexity index is 825. The molecule has 2 saturated heterocycles. The molecule has 1 spiro atoms. The van der Waals surface area contributed by atoms with E-state index in [1.807, 2.05) is 19.1 Å². The molecule has 0 saturated carbocycles. The summed E-state index contributed by atoms with van der Waals surface area (Å²) in [4.78, 5) is 19.0. The van der Waals surface area contributed by atoms with Crippen molar-refractivity contribution in [1.82, 2.24) is 4.98 Å². The van der Waals surface area contributed by atoms with Gasteiger partial charge in [-0.05, 0) is 42.8 Å². The molecule has 1 aromatic heterocycles. The van der Waals surface area contributed by atoms with Crippen LogP contribution in [0, 0.1) is 6.92 Å². The molecule has 6 nitrogen and oxygen atoms in total. The van der Waals surface area contributed by atoms with Gasteiger partial charge in [-0.3, -0.25) is 4.79 Å². The van der Waals surface area contributed by atoms with Crippen LogP contribution in [0.5, 0.6) is 0 Å². The van der Waals surface area contributed by atoms with Crippen molar-refractivity contribution in [3.63, 3.8) is 0 Å². The number of hydrogen-bond acceptors (Lipinski definition) is 5. The number of piperidine rings is 1. The van der Waals surface area contributed by atoms with E-state index in [0.29, 0.717) is 23.9 Å². The minimum absolute atomic E-state index is 0.239. The summed E-state index contributed by atoms with van der Waals surface area (Å²) in [5, 5.41) is 3.52. The SMILES string of the molecule is Cc1cc(Cl)ccc1NC(=O)c1ccc(N2CCC3(CC2)OCCO3)cn1. The molecule has 0 bridgehead atoms. The molecular weight excluding hydrogens is 366 g/mol. The maximum absolute atomic E-state index is 12.5. The van der Waals surface area contributed by atoms with Crippen LogP contribution in [0.3, 0.4) is 0 Å². The Morgan fingerprint density at radius 3 is 2.56 bits per heavy atom. The molecule has 7 heteroatoms. The van der Waals surface area contributed by atoms with Crippen molar-refractivity contribution in [3.05, 3.63) is 52.8 Å². The first-order valence-electron chi connectivity index (χ1n) is 9.11. The van der Waals surface area contributed by atoms with Crippen molar-refractivity contribution in [3.8, 4) is 0 Å². The second-order valence-electron chi connectivity index (χ2n) is 6.91. The number of hydrogen-bond donors (Lipinski definition) is 1. The Morgan fingerprint density at radius 1 is 1.19 bits per heavy atom. The number of carbonyl (C=O) groups is 1. The van der Waals surface area contributed by atoms with Gasteiger partial charge in [-0.2, -0.15) is 0 Å². The van der Waals surface area contributed by atoms with Crippen molar-refractivity contribution in [1.29, 1.82) is 0 Å². The van der Waals surface area contributed by atoms with Gasteiger partial charge in [-0.15, -0.1) is 0 Å². The molecule has 3 heterocycles. The van der Waals surface area contributed by atoms with E-state index >= 15 is 0 Å². The zero-order chi connectivity index (χ0) is 18.9. The zero-order valence-corrected chi connectivity index (χ0v) is 16.0.